The number of guanidine groups is 1. The summed E-state index contributed by atoms with van der Waals surface area (Å²) in [7, 11) is 0. The molecule has 0 aliphatic rings. The predicted molar refractivity (Wildman–Crippen MR) is 123 cm³/mol. The Balaban J connectivity index is 0.00000338. The van der Waals surface area contributed by atoms with E-state index in [-0.39, 0.29) is 24.0 Å². The Kier molecular flexibility index (Phi) is 9.65. The van der Waals surface area contributed by atoms with Crippen LogP contribution in [0.15, 0.2) is 47.5 Å². The highest BCUT2D eigenvalue weighted by Crippen LogP contribution is 2.14. The molecule has 0 aromatic heterocycles. The summed E-state index contributed by atoms with van der Waals surface area (Å²) in [5.41, 5.74) is 12.0. The molecule has 0 radical (unpaired) electrons. The number of nitrogens with two attached hydrogens (primary N) is 1. The summed E-state index contributed by atoms with van der Waals surface area (Å²) in [5, 5.41) is 3.15. The fraction of sp³-hybridized carbons (Fsp3) is 0.381. The highest BCUT2D eigenvalue weighted by Gasteiger charge is 2.02. The second kappa shape index (κ2) is 11.2. The molecule has 0 bridgehead atoms. The molecule has 0 saturated heterocycles. The average Bonchev–Trinajstić information content (AvgIpc) is 2.62. The number of benzene rings is 2. The second-order valence-corrected chi connectivity index (χ2v) is 6.40. The molecule has 2 aromatic carbocycles. The van der Waals surface area contributed by atoms with Crippen LogP contribution in [0.5, 0.6) is 0 Å². The molecular formula is C21H31IN4. The topological polar surface area (TPSA) is 53.6 Å². The molecule has 2 rings (SSSR count). The maximum absolute atomic E-state index is 6.01. The van der Waals surface area contributed by atoms with E-state index in [1.807, 2.05) is 6.07 Å². The third-order valence-corrected chi connectivity index (χ3v) is 4.53. The molecule has 3 N–H and O–H groups in total. The molecule has 0 fully saturated rings. The minimum atomic E-state index is 0. The molecule has 0 aliphatic carbocycles. The molecule has 2 aromatic rings. The quantitative estimate of drug-likeness (QED) is 0.354. The van der Waals surface area contributed by atoms with Crippen molar-refractivity contribution in [2.45, 2.75) is 40.8 Å². The summed E-state index contributed by atoms with van der Waals surface area (Å²) < 4.78 is 0. The zero-order valence-electron chi connectivity index (χ0n) is 16.2. The average molecular weight is 466 g/mol. The smallest absolute Gasteiger partial charge is 0.193 e. The first-order chi connectivity index (χ1) is 12.0. The number of rotatable bonds is 7. The minimum absolute atomic E-state index is 0. The molecular weight excluding hydrogens is 435 g/mol. The van der Waals surface area contributed by atoms with E-state index in [1.54, 1.807) is 0 Å². The summed E-state index contributed by atoms with van der Waals surface area (Å²) in [4.78, 5) is 6.84. The molecule has 0 aliphatic heterocycles. The van der Waals surface area contributed by atoms with E-state index in [9.17, 15) is 0 Å². The number of nitrogens with one attached hydrogen (secondary N) is 1. The Morgan fingerprint density at radius 3 is 2.15 bits per heavy atom. The van der Waals surface area contributed by atoms with Gasteiger partial charge in [-0.3, -0.25) is 4.90 Å². The predicted octanol–water partition coefficient (Wildman–Crippen LogP) is 4.69. The lowest BCUT2D eigenvalue weighted by Crippen LogP contribution is -2.22. The van der Waals surface area contributed by atoms with Crippen molar-refractivity contribution in [3.05, 3.63) is 64.7 Å². The monoisotopic (exact) mass is 466 g/mol. The van der Waals surface area contributed by atoms with E-state index < -0.39 is 0 Å². The molecule has 0 spiro atoms. The van der Waals surface area contributed by atoms with Gasteiger partial charge in [0.2, 0.25) is 0 Å². The van der Waals surface area contributed by atoms with Gasteiger partial charge >= 0.3 is 0 Å². The van der Waals surface area contributed by atoms with Gasteiger partial charge in [0, 0.05) is 12.2 Å². The van der Waals surface area contributed by atoms with Crippen molar-refractivity contribution in [2.75, 3.05) is 18.4 Å². The third-order valence-electron chi connectivity index (χ3n) is 4.53. The van der Waals surface area contributed by atoms with Crippen LogP contribution in [0.25, 0.3) is 0 Å². The number of aryl methyl sites for hydroxylation is 2. The standard InChI is InChI=1S/C21H30N4.HI/c1-5-25(6-2)15-19-10-8-18(9-11-19)14-23-21(22)24-20-12-7-16(3)17(4)13-20;/h7-13H,5-6,14-15H2,1-4H3,(H3,22,23,24);1H. The number of halogens is 1. The highest BCUT2D eigenvalue weighted by atomic mass is 127. The first kappa shape index (κ1) is 22.4. The molecule has 0 heterocycles. The molecule has 142 valence electrons. The van der Waals surface area contributed by atoms with Crippen molar-refractivity contribution in [2.24, 2.45) is 10.7 Å². The van der Waals surface area contributed by atoms with Gasteiger partial charge in [-0.2, -0.15) is 0 Å². The molecule has 0 amide bonds. The summed E-state index contributed by atoms with van der Waals surface area (Å²) >= 11 is 0. The van der Waals surface area contributed by atoms with Crippen LogP contribution < -0.4 is 11.1 Å². The van der Waals surface area contributed by atoms with Crippen molar-refractivity contribution in [3.63, 3.8) is 0 Å². The van der Waals surface area contributed by atoms with E-state index in [2.05, 4.69) is 79.3 Å². The van der Waals surface area contributed by atoms with Crippen molar-refractivity contribution < 1.29 is 0 Å². The SMILES string of the molecule is CCN(CC)Cc1ccc(CN=C(N)Nc2ccc(C)c(C)c2)cc1.I. The van der Waals surface area contributed by atoms with Gasteiger partial charge in [-0.1, -0.05) is 44.2 Å². The van der Waals surface area contributed by atoms with Gasteiger partial charge < -0.3 is 11.1 Å². The lowest BCUT2D eigenvalue weighted by molar-refractivity contribution is 0.296. The van der Waals surface area contributed by atoms with Crippen LogP contribution in [-0.2, 0) is 13.1 Å². The van der Waals surface area contributed by atoms with Crippen LogP contribution in [-0.4, -0.2) is 23.9 Å². The summed E-state index contributed by atoms with van der Waals surface area (Å²) in [5.74, 6) is 0.440. The van der Waals surface area contributed by atoms with Gasteiger partial charge in [-0.25, -0.2) is 4.99 Å². The van der Waals surface area contributed by atoms with Gasteiger partial charge in [0.15, 0.2) is 5.96 Å². The number of hydrogen-bond donors (Lipinski definition) is 2. The maximum Gasteiger partial charge on any atom is 0.193 e. The summed E-state index contributed by atoms with van der Waals surface area (Å²) in [6.45, 7) is 12.3. The summed E-state index contributed by atoms with van der Waals surface area (Å²) in [6.07, 6.45) is 0. The van der Waals surface area contributed by atoms with Crippen molar-refractivity contribution in [3.8, 4) is 0 Å². The Bertz CT molecular complexity index is 706. The Morgan fingerprint density at radius 1 is 0.962 bits per heavy atom. The van der Waals surface area contributed by atoms with Crippen molar-refractivity contribution in [1.82, 2.24) is 4.90 Å². The highest BCUT2D eigenvalue weighted by molar-refractivity contribution is 14.0. The molecule has 4 nitrogen and oxygen atoms in total. The largest absolute Gasteiger partial charge is 0.370 e. The van der Waals surface area contributed by atoms with E-state index in [1.165, 1.54) is 16.7 Å². The number of nitrogens with zero attached hydrogens (tertiary/aromatic N) is 2. The van der Waals surface area contributed by atoms with Gasteiger partial charge in [-0.15, -0.1) is 24.0 Å². The number of anilines is 1. The van der Waals surface area contributed by atoms with Crippen LogP contribution in [0.1, 0.15) is 36.1 Å². The van der Waals surface area contributed by atoms with Crippen LogP contribution in [0.2, 0.25) is 0 Å². The molecule has 0 saturated carbocycles. The Hall–Kier alpha value is -1.60. The molecule has 5 heteroatoms. The molecule has 0 atom stereocenters. The van der Waals surface area contributed by atoms with E-state index in [0.717, 1.165) is 30.9 Å². The van der Waals surface area contributed by atoms with E-state index >= 15 is 0 Å². The Morgan fingerprint density at radius 2 is 1.58 bits per heavy atom. The first-order valence-corrected chi connectivity index (χ1v) is 8.96. The molecule has 0 unspecified atom stereocenters. The fourth-order valence-electron chi connectivity index (χ4n) is 2.64. The zero-order chi connectivity index (χ0) is 18.2. The summed E-state index contributed by atoms with van der Waals surface area (Å²) in [6, 6.07) is 14.8. The second-order valence-electron chi connectivity index (χ2n) is 6.40. The Labute approximate surface area is 174 Å². The third kappa shape index (κ3) is 6.96. The van der Waals surface area contributed by atoms with Gasteiger partial charge in [0.1, 0.15) is 0 Å². The van der Waals surface area contributed by atoms with Crippen LogP contribution in [0, 0.1) is 13.8 Å². The lowest BCUT2D eigenvalue weighted by Gasteiger charge is -2.17. The fourth-order valence-corrected chi connectivity index (χ4v) is 2.64. The first-order valence-electron chi connectivity index (χ1n) is 8.96. The van der Waals surface area contributed by atoms with E-state index in [0.29, 0.717) is 12.5 Å². The lowest BCUT2D eigenvalue weighted by atomic mass is 10.1. The van der Waals surface area contributed by atoms with Crippen LogP contribution in [0.3, 0.4) is 0 Å². The van der Waals surface area contributed by atoms with Gasteiger partial charge in [-0.05, 0) is 61.3 Å². The number of hydrogen-bond acceptors (Lipinski definition) is 2. The van der Waals surface area contributed by atoms with Crippen molar-refractivity contribution in [1.29, 1.82) is 0 Å². The molecule has 26 heavy (non-hydrogen) atoms. The normalized spacial score (nSPS) is 11.3. The number of aliphatic imine (C=N–C) groups is 1. The maximum atomic E-state index is 6.01. The van der Waals surface area contributed by atoms with Gasteiger partial charge in [0.05, 0.1) is 6.54 Å². The van der Waals surface area contributed by atoms with Crippen molar-refractivity contribution >= 4 is 35.6 Å². The zero-order valence-corrected chi connectivity index (χ0v) is 18.6. The van der Waals surface area contributed by atoms with Crippen LogP contribution >= 0.6 is 24.0 Å². The van der Waals surface area contributed by atoms with Gasteiger partial charge in [0.25, 0.3) is 0 Å². The van der Waals surface area contributed by atoms with Crippen LogP contribution in [0.4, 0.5) is 5.69 Å². The van der Waals surface area contributed by atoms with E-state index in [4.69, 9.17) is 5.73 Å². The minimum Gasteiger partial charge on any atom is -0.370 e.